The van der Waals surface area contributed by atoms with E-state index < -0.39 is 10.0 Å². The molecule has 0 saturated carbocycles. The summed E-state index contributed by atoms with van der Waals surface area (Å²) < 4.78 is 26.3. The maximum atomic E-state index is 12.1. The second kappa shape index (κ2) is 5.36. The molecule has 102 valence electrons. The van der Waals surface area contributed by atoms with Gasteiger partial charge in [0, 0.05) is 17.3 Å². The third-order valence-electron chi connectivity index (χ3n) is 2.37. The van der Waals surface area contributed by atoms with Crippen molar-refractivity contribution in [3.63, 3.8) is 0 Å². The van der Waals surface area contributed by atoms with E-state index in [2.05, 4.69) is 9.71 Å². The summed E-state index contributed by atoms with van der Waals surface area (Å²) in [5.74, 6) is -0.289. The Balaban J connectivity index is 2.33. The van der Waals surface area contributed by atoms with Crippen molar-refractivity contribution in [3.05, 3.63) is 47.2 Å². The van der Waals surface area contributed by atoms with Crippen LogP contribution < -0.4 is 4.72 Å². The first-order valence-electron chi connectivity index (χ1n) is 5.30. The number of nitrogens with one attached hydrogen (secondary N) is 1. The second-order valence-corrected chi connectivity index (χ2v) is 5.88. The fourth-order valence-corrected chi connectivity index (χ4v) is 2.59. The maximum absolute atomic E-state index is 12.1. The molecule has 2 rings (SSSR count). The van der Waals surface area contributed by atoms with E-state index in [0.29, 0.717) is 0 Å². The van der Waals surface area contributed by atoms with Crippen molar-refractivity contribution in [2.45, 2.75) is 4.90 Å². The van der Waals surface area contributed by atoms with Crippen LogP contribution in [0.1, 0.15) is 5.69 Å². The van der Waals surface area contributed by atoms with E-state index in [1.165, 1.54) is 30.3 Å². The van der Waals surface area contributed by atoms with Gasteiger partial charge >= 0.3 is 0 Å². The summed E-state index contributed by atoms with van der Waals surface area (Å²) in [6.45, 7) is 0. The SMILES string of the molecule is N#Cc1ccc(S(=O)(=O)Nc2ccc(Cl)cc2O)cn1. The van der Waals surface area contributed by atoms with Crippen LogP contribution in [0.4, 0.5) is 5.69 Å². The number of benzene rings is 1. The maximum Gasteiger partial charge on any atom is 0.263 e. The second-order valence-electron chi connectivity index (χ2n) is 3.76. The van der Waals surface area contributed by atoms with Crippen LogP contribution in [0, 0.1) is 11.3 Å². The van der Waals surface area contributed by atoms with Crippen LogP contribution in [0.2, 0.25) is 5.02 Å². The lowest BCUT2D eigenvalue weighted by atomic mass is 10.3. The summed E-state index contributed by atoms with van der Waals surface area (Å²) in [4.78, 5) is 3.56. The molecule has 0 fully saturated rings. The molecule has 0 amide bonds. The zero-order valence-electron chi connectivity index (χ0n) is 9.91. The van der Waals surface area contributed by atoms with Crippen molar-refractivity contribution in [2.24, 2.45) is 0 Å². The standard InChI is InChI=1S/C12H8ClN3O3S/c13-8-1-4-11(12(17)5-8)16-20(18,19)10-3-2-9(6-14)15-7-10/h1-5,7,16-17H. The van der Waals surface area contributed by atoms with Crippen LogP contribution in [0.3, 0.4) is 0 Å². The fourth-order valence-electron chi connectivity index (χ4n) is 1.40. The van der Waals surface area contributed by atoms with Gasteiger partial charge in [0.25, 0.3) is 10.0 Å². The zero-order valence-corrected chi connectivity index (χ0v) is 11.5. The van der Waals surface area contributed by atoms with Crippen LogP contribution in [0.5, 0.6) is 5.75 Å². The number of pyridine rings is 1. The lowest BCUT2D eigenvalue weighted by Gasteiger charge is -2.09. The average Bonchev–Trinajstić information content (AvgIpc) is 2.42. The van der Waals surface area contributed by atoms with Gasteiger partial charge in [-0.05, 0) is 24.3 Å². The lowest BCUT2D eigenvalue weighted by molar-refractivity contribution is 0.477. The summed E-state index contributed by atoms with van der Waals surface area (Å²) in [6.07, 6.45) is 1.06. The van der Waals surface area contributed by atoms with E-state index >= 15 is 0 Å². The number of nitriles is 1. The van der Waals surface area contributed by atoms with Gasteiger partial charge in [0.1, 0.15) is 22.4 Å². The number of aromatic nitrogens is 1. The Morgan fingerprint density at radius 2 is 2.05 bits per heavy atom. The molecule has 1 aromatic carbocycles. The molecule has 0 aliphatic heterocycles. The highest BCUT2D eigenvalue weighted by atomic mass is 35.5. The molecule has 0 spiro atoms. The van der Waals surface area contributed by atoms with Crippen molar-refractivity contribution in [3.8, 4) is 11.8 Å². The Morgan fingerprint density at radius 1 is 1.30 bits per heavy atom. The minimum absolute atomic E-state index is 0.00115. The molecule has 0 unspecified atom stereocenters. The number of phenols is 1. The van der Waals surface area contributed by atoms with Crippen molar-refractivity contribution in [1.82, 2.24) is 4.98 Å². The van der Waals surface area contributed by atoms with Crippen molar-refractivity contribution in [2.75, 3.05) is 4.72 Å². The van der Waals surface area contributed by atoms with Crippen molar-refractivity contribution in [1.29, 1.82) is 5.26 Å². The predicted octanol–water partition coefficient (Wildman–Crippen LogP) is 2.11. The van der Waals surface area contributed by atoms with Crippen LogP contribution in [0.25, 0.3) is 0 Å². The number of anilines is 1. The molecule has 0 saturated heterocycles. The summed E-state index contributed by atoms with van der Waals surface area (Å²) in [6, 6.07) is 8.33. The lowest BCUT2D eigenvalue weighted by Crippen LogP contribution is -2.13. The van der Waals surface area contributed by atoms with E-state index in [-0.39, 0.29) is 27.0 Å². The van der Waals surface area contributed by atoms with Crippen LogP contribution in [-0.2, 0) is 10.0 Å². The fraction of sp³-hybridized carbons (Fsp3) is 0. The molecular formula is C12H8ClN3O3S. The molecule has 2 N–H and O–H groups in total. The normalized spacial score (nSPS) is 10.8. The number of nitrogens with zero attached hydrogens (tertiary/aromatic N) is 2. The van der Waals surface area contributed by atoms with Crippen molar-refractivity contribution < 1.29 is 13.5 Å². The Hall–Kier alpha value is -2.30. The van der Waals surface area contributed by atoms with Gasteiger partial charge in [-0.2, -0.15) is 5.26 Å². The van der Waals surface area contributed by atoms with Crippen LogP contribution in [0.15, 0.2) is 41.4 Å². The number of rotatable bonds is 3. The number of hydrogen-bond donors (Lipinski definition) is 2. The summed E-state index contributed by atoms with van der Waals surface area (Å²) >= 11 is 5.66. The molecule has 8 heteroatoms. The third-order valence-corrected chi connectivity index (χ3v) is 3.95. The Labute approximate surface area is 120 Å². The highest BCUT2D eigenvalue weighted by molar-refractivity contribution is 7.92. The quantitative estimate of drug-likeness (QED) is 0.845. The first-order valence-corrected chi connectivity index (χ1v) is 7.16. The predicted molar refractivity (Wildman–Crippen MR) is 72.9 cm³/mol. The van der Waals surface area contributed by atoms with Crippen LogP contribution in [-0.4, -0.2) is 18.5 Å². The van der Waals surface area contributed by atoms with Crippen LogP contribution >= 0.6 is 11.6 Å². The number of sulfonamides is 1. The third kappa shape index (κ3) is 2.99. The van der Waals surface area contributed by atoms with Gasteiger partial charge < -0.3 is 5.11 Å². The van der Waals surface area contributed by atoms with Gasteiger partial charge in [-0.25, -0.2) is 13.4 Å². The smallest absolute Gasteiger partial charge is 0.263 e. The number of halogens is 1. The minimum Gasteiger partial charge on any atom is -0.506 e. The Morgan fingerprint density at radius 3 is 2.60 bits per heavy atom. The molecule has 0 aliphatic rings. The van der Waals surface area contributed by atoms with E-state index in [1.807, 2.05) is 0 Å². The molecule has 0 aliphatic carbocycles. The first-order chi connectivity index (χ1) is 9.42. The highest BCUT2D eigenvalue weighted by Gasteiger charge is 2.16. The molecule has 1 heterocycles. The zero-order chi connectivity index (χ0) is 14.8. The molecular weight excluding hydrogens is 302 g/mol. The largest absolute Gasteiger partial charge is 0.506 e. The molecule has 0 bridgehead atoms. The van der Waals surface area contributed by atoms with Gasteiger partial charge in [-0.3, -0.25) is 4.72 Å². The summed E-state index contributed by atoms with van der Waals surface area (Å²) in [7, 11) is -3.90. The van der Waals surface area contributed by atoms with Gasteiger partial charge in [0.15, 0.2) is 0 Å². The van der Waals surface area contributed by atoms with Gasteiger partial charge in [0.05, 0.1) is 5.69 Å². The molecule has 6 nitrogen and oxygen atoms in total. The summed E-state index contributed by atoms with van der Waals surface area (Å²) in [5, 5.41) is 18.5. The van der Waals surface area contributed by atoms with Crippen molar-refractivity contribution >= 4 is 27.3 Å². The minimum atomic E-state index is -3.90. The molecule has 0 radical (unpaired) electrons. The molecule has 2 aromatic rings. The van der Waals surface area contributed by atoms with E-state index in [4.69, 9.17) is 16.9 Å². The van der Waals surface area contributed by atoms with E-state index in [1.54, 1.807) is 6.07 Å². The Kier molecular flexibility index (Phi) is 3.79. The van der Waals surface area contributed by atoms with E-state index in [0.717, 1.165) is 6.20 Å². The topological polar surface area (TPSA) is 103 Å². The molecule has 20 heavy (non-hydrogen) atoms. The summed E-state index contributed by atoms with van der Waals surface area (Å²) in [5.41, 5.74) is 0.108. The average molecular weight is 310 g/mol. The Bertz CT molecular complexity index is 783. The van der Waals surface area contributed by atoms with Gasteiger partial charge in [-0.1, -0.05) is 11.6 Å². The number of aromatic hydroxyl groups is 1. The monoisotopic (exact) mass is 309 g/mol. The number of hydrogen-bond acceptors (Lipinski definition) is 5. The first kappa shape index (κ1) is 14.1. The van der Waals surface area contributed by atoms with E-state index in [9.17, 15) is 13.5 Å². The number of phenolic OH excluding ortho intramolecular Hbond substituents is 1. The van der Waals surface area contributed by atoms with Gasteiger partial charge in [0.2, 0.25) is 0 Å². The van der Waals surface area contributed by atoms with Gasteiger partial charge in [-0.15, -0.1) is 0 Å². The molecule has 1 aromatic heterocycles. The highest BCUT2D eigenvalue weighted by Crippen LogP contribution is 2.28. The molecule has 0 atom stereocenters.